The van der Waals surface area contributed by atoms with E-state index in [2.05, 4.69) is 0 Å². The largest absolute Gasteiger partial charge is 0.480 e. The molecule has 0 unspecified atom stereocenters. The van der Waals surface area contributed by atoms with Gasteiger partial charge in [-0.3, -0.25) is 0 Å². The summed E-state index contributed by atoms with van der Waals surface area (Å²) in [6.07, 6.45) is -0.635. The summed E-state index contributed by atoms with van der Waals surface area (Å²) in [6.45, 7) is 4.63. The number of carbonyl (C=O) groups excluding carboxylic acids is 1. The van der Waals surface area contributed by atoms with Crippen LogP contribution < -0.4 is 0 Å². The van der Waals surface area contributed by atoms with Crippen LogP contribution in [0.2, 0.25) is 0 Å². The van der Waals surface area contributed by atoms with Crippen molar-refractivity contribution in [2.45, 2.75) is 32.4 Å². The molecule has 0 spiro atoms. The number of amides is 2. The van der Waals surface area contributed by atoms with E-state index in [-0.39, 0.29) is 19.0 Å². The fourth-order valence-electron chi connectivity index (χ4n) is 2.10. The van der Waals surface area contributed by atoms with Gasteiger partial charge in [-0.25, -0.2) is 9.59 Å². The third kappa shape index (κ3) is 3.33. The van der Waals surface area contributed by atoms with Crippen molar-refractivity contribution in [3.63, 3.8) is 0 Å². The van der Waals surface area contributed by atoms with Crippen LogP contribution >= 0.6 is 0 Å². The average molecular weight is 244 g/mol. The van der Waals surface area contributed by atoms with Gasteiger partial charge in [0.1, 0.15) is 6.04 Å². The van der Waals surface area contributed by atoms with Gasteiger partial charge in [0, 0.05) is 26.6 Å². The Labute approximate surface area is 101 Å². The molecular formula is C11H20N2O4. The Morgan fingerprint density at radius 2 is 2.06 bits per heavy atom. The van der Waals surface area contributed by atoms with Gasteiger partial charge >= 0.3 is 12.0 Å². The Morgan fingerprint density at radius 1 is 1.47 bits per heavy atom. The summed E-state index contributed by atoms with van der Waals surface area (Å²) in [5, 5.41) is 18.4. The molecule has 1 aliphatic heterocycles. The minimum Gasteiger partial charge on any atom is -0.480 e. The zero-order chi connectivity index (χ0) is 13.2. The van der Waals surface area contributed by atoms with Gasteiger partial charge < -0.3 is 20.0 Å². The number of aliphatic carboxylic acids is 1. The van der Waals surface area contributed by atoms with E-state index in [0.717, 1.165) is 0 Å². The molecule has 0 bridgehead atoms. The lowest BCUT2D eigenvalue weighted by Crippen LogP contribution is -2.47. The summed E-state index contributed by atoms with van der Waals surface area (Å²) in [4.78, 5) is 25.7. The molecular weight excluding hydrogens is 224 g/mol. The maximum atomic E-state index is 12.0. The first-order valence-corrected chi connectivity index (χ1v) is 5.75. The topological polar surface area (TPSA) is 81.1 Å². The summed E-state index contributed by atoms with van der Waals surface area (Å²) in [7, 11) is 1.64. The van der Waals surface area contributed by atoms with Gasteiger partial charge in [-0.1, -0.05) is 13.8 Å². The van der Waals surface area contributed by atoms with Crippen molar-refractivity contribution < 1.29 is 19.8 Å². The molecule has 0 aromatic carbocycles. The molecule has 0 aromatic heterocycles. The minimum absolute atomic E-state index is 0.0955. The molecule has 98 valence electrons. The lowest BCUT2D eigenvalue weighted by molar-refractivity contribution is -0.141. The fraction of sp³-hybridized carbons (Fsp3) is 0.818. The average Bonchev–Trinajstić information content (AvgIpc) is 2.58. The number of urea groups is 1. The van der Waals surface area contributed by atoms with Crippen LogP contribution in [0.1, 0.15) is 20.3 Å². The van der Waals surface area contributed by atoms with E-state index in [0.29, 0.717) is 12.5 Å². The number of hydrogen-bond donors (Lipinski definition) is 2. The summed E-state index contributed by atoms with van der Waals surface area (Å²) < 4.78 is 0. The Balaban J connectivity index is 2.70. The number of carboxylic acid groups (broad SMARTS) is 1. The van der Waals surface area contributed by atoms with Crippen LogP contribution in [0, 0.1) is 5.92 Å². The summed E-state index contributed by atoms with van der Waals surface area (Å²) in [5.74, 6) is -0.743. The number of rotatable bonds is 3. The third-order valence-electron chi connectivity index (χ3n) is 2.78. The van der Waals surface area contributed by atoms with Crippen molar-refractivity contribution in [2.24, 2.45) is 5.92 Å². The van der Waals surface area contributed by atoms with Crippen LogP contribution in [0.5, 0.6) is 0 Å². The second kappa shape index (κ2) is 5.35. The van der Waals surface area contributed by atoms with E-state index in [1.54, 1.807) is 7.05 Å². The van der Waals surface area contributed by atoms with Crippen LogP contribution in [0.15, 0.2) is 0 Å². The van der Waals surface area contributed by atoms with E-state index in [4.69, 9.17) is 5.11 Å². The number of likely N-dealkylation sites (tertiary alicyclic amines) is 1. The number of β-amino-alcohol motifs (C(OH)–C–C–N with tert-alkyl or cyclic N) is 1. The molecule has 2 atom stereocenters. The standard InChI is InChI=1S/C11H20N2O4/c1-7(2)5-12(3)11(17)13-6-8(14)4-9(13)10(15)16/h7-9,14H,4-6H2,1-3H3,(H,15,16)/t8-,9+/m1/s1. The lowest BCUT2D eigenvalue weighted by atomic mass is 10.2. The van der Waals surface area contributed by atoms with Crippen molar-refractivity contribution >= 4 is 12.0 Å². The molecule has 1 heterocycles. The first kappa shape index (κ1) is 13.8. The lowest BCUT2D eigenvalue weighted by Gasteiger charge is -2.28. The van der Waals surface area contributed by atoms with Crippen LogP contribution in [-0.2, 0) is 4.79 Å². The van der Waals surface area contributed by atoms with Gasteiger partial charge in [0.15, 0.2) is 0 Å². The number of carboxylic acids is 1. The zero-order valence-electron chi connectivity index (χ0n) is 10.5. The van der Waals surface area contributed by atoms with Crippen molar-refractivity contribution in [3.8, 4) is 0 Å². The number of nitrogens with zero attached hydrogens (tertiary/aromatic N) is 2. The quantitative estimate of drug-likeness (QED) is 0.744. The number of aliphatic hydroxyl groups is 1. The maximum absolute atomic E-state index is 12.0. The Morgan fingerprint density at radius 3 is 2.53 bits per heavy atom. The monoisotopic (exact) mass is 244 g/mol. The smallest absolute Gasteiger partial charge is 0.326 e. The van der Waals surface area contributed by atoms with E-state index in [9.17, 15) is 14.7 Å². The van der Waals surface area contributed by atoms with Crippen molar-refractivity contribution in [1.29, 1.82) is 0 Å². The first-order chi connectivity index (χ1) is 7.82. The minimum atomic E-state index is -1.06. The molecule has 0 aliphatic carbocycles. The Kier molecular flexibility index (Phi) is 4.34. The number of hydrogen-bond acceptors (Lipinski definition) is 3. The van der Waals surface area contributed by atoms with Gasteiger partial charge in [0.25, 0.3) is 0 Å². The third-order valence-corrected chi connectivity index (χ3v) is 2.78. The van der Waals surface area contributed by atoms with Gasteiger partial charge in [0.05, 0.1) is 6.10 Å². The predicted octanol–water partition coefficient (Wildman–Crippen LogP) is 0.214. The highest BCUT2D eigenvalue weighted by molar-refractivity contribution is 5.83. The van der Waals surface area contributed by atoms with Gasteiger partial charge in [-0.15, -0.1) is 0 Å². The highest BCUT2D eigenvalue weighted by Crippen LogP contribution is 2.19. The normalized spacial score (nSPS) is 24.2. The van der Waals surface area contributed by atoms with Crippen molar-refractivity contribution in [3.05, 3.63) is 0 Å². The molecule has 17 heavy (non-hydrogen) atoms. The molecule has 1 saturated heterocycles. The summed E-state index contributed by atoms with van der Waals surface area (Å²) >= 11 is 0. The van der Waals surface area contributed by atoms with Crippen LogP contribution in [0.3, 0.4) is 0 Å². The predicted molar refractivity (Wildman–Crippen MR) is 61.6 cm³/mol. The highest BCUT2D eigenvalue weighted by Gasteiger charge is 2.39. The maximum Gasteiger partial charge on any atom is 0.326 e. The molecule has 6 nitrogen and oxygen atoms in total. The SMILES string of the molecule is CC(C)CN(C)C(=O)N1C[C@H](O)C[C@H]1C(=O)O. The highest BCUT2D eigenvalue weighted by atomic mass is 16.4. The van der Waals surface area contributed by atoms with E-state index in [1.165, 1.54) is 9.80 Å². The second-order valence-electron chi connectivity index (χ2n) is 4.95. The molecule has 0 saturated carbocycles. The van der Waals surface area contributed by atoms with E-state index < -0.39 is 18.1 Å². The van der Waals surface area contributed by atoms with Crippen molar-refractivity contribution in [1.82, 2.24) is 9.80 Å². The summed E-state index contributed by atoms with van der Waals surface area (Å²) in [6, 6.07) is -1.24. The molecule has 0 radical (unpaired) electrons. The summed E-state index contributed by atoms with van der Waals surface area (Å²) in [5.41, 5.74) is 0. The molecule has 1 aliphatic rings. The van der Waals surface area contributed by atoms with E-state index >= 15 is 0 Å². The second-order valence-corrected chi connectivity index (χ2v) is 4.95. The van der Waals surface area contributed by atoms with Crippen LogP contribution in [-0.4, -0.2) is 64.3 Å². The van der Waals surface area contributed by atoms with Gasteiger partial charge in [-0.05, 0) is 5.92 Å². The molecule has 2 amide bonds. The Bertz CT molecular complexity index is 306. The van der Waals surface area contributed by atoms with Gasteiger partial charge in [0.2, 0.25) is 0 Å². The zero-order valence-corrected chi connectivity index (χ0v) is 10.5. The molecule has 6 heteroatoms. The van der Waals surface area contributed by atoms with E-state index in [1.807, 2.05) is 13.8 Å². The van der Waals surface area contributed by atoms with Crippen LogP contribution in [0.25, 0.3) is 0 Å². The van der Waals surface area contributed by atoms with Crippen LogP contribution in [0.4, 0.5) is 4.79 Å². The van der Waals surface area contributed by atoms with Crippen molar-refractivity contribution in [2.75, 3.05) is 20.1 Å². The molecule has 0 aromatic rings. The first-order valence-electron chi connectivity index (χ1n) is 5.75. The number of carbonyl (C=O) groups is 2. The number of aliphatic hydroxyl groups excluding tert-OH is 1. The fourth-order valence-corrected chi connectivity index (χ4v) is 2.10. The Hall–Kier alpha value is -1.30. The molecule has 1 rings (SSSR count). The molecule has 2 N–H and O–H groups in total. The van der Waals surface area contributed by atoms with Gasteiger partial charge in [-0.2, -0.15) is 0 Å². The molecule has 1 fully saturated rings.